The van der Waals surface area contributed by atoms with Crippen LogP contribution in [0.4, 0.5) is 0 Å². The summed E-state index contributed by atoms with van der Waals surface area (Å²) in [5, 5.41) is 6.06. The van der Waals surface area contributed by atoms with Crippen LogP contribution in [0, 0.1) is 11.8 Å². The van der Waals surface area contributed by atoms with Gasteiger partial charge in [-0.15, -0.1) is 24.0 Å². The van der Waals surface area contributed by atoms with E-state index in [4.69, 9.17) is 4.99 Å². The topological polar surface area (TPSA) is 56.7 Å². The standard InChI is InChI=1S/C20H32N4O.HI/c1-5-22-20(24-11-10-17(14-24)12-15(2)3)23-13-16-6-8-18(9-7-16)19(25)21-4;/h6-9,15,17H,5,10-14H2,1-4H3,(H,21,25)(H,22,23);1H. The summed E-state index contributed by atoms with van der Waals surface area (Å²) >= 11 is 0. The van der Waals surface area contributed by atoms with Gasteiger partial charge in [0.15, 0.2) is 5.96 Å². The summed E-state index contributed by atoms with van der Waals surface area (Å²) in [6.07, 6.45) is 2.54. The van der Waals surface area contributed by atoms with Crippen molar-refractivity contribution in [2.24, 2.45) is 16.8 Å². The van der Waals surface area contributed by atoms with E-state index in [9.17, 15) is 4.79 Å². The van der Waals surface area contributed by atoms with Gasteiger partial charge in [0.25, 0.3) is 5.91 Å². The molecular formula is C20H33IN4O. The number of halogens is 1. The molecule has 26 heavy (non-hydrogen) atoms. The van der Waals surface area contributed by atoms with Crippen LogP contribution in [-0.4, -0.2) is 43.4 Å². The molecule has 2 N–H and O–H groups in total. The van der Waals surface area contributed by atoms with Crippen LogP contribution in [0.3, 0.4) is 0 Å². The molecule has 0 aliphatic carbocycles. The zero-order valence-corrected chi connectivity index (χ0v) is 18.7. The molecular weight excluding hydrogens is 439 g/mol. The van der Waals surface area contributed by atoms with Gasteiger partial charge in [-0.1, -0.05) is 26.0 Å². The number of nitrogens with one attached hydrogen (secondary N) is 2. The molecule has 1 aromatic rings. The number of carbonyl (C=O) groups is 1. The maximum atomic E-state index is 11.6. The van der Waals surface area contributed by atoms with Gasteiger partial charge in [0.05, 0.1) is 6.54 Å². The van der Waals surface area contributed by atoms with Crippen molar-refractivity contribution in [3.63, 3.8) is 0 Å². The molecule has 0 bridgehead atoms. The molecule has 0 spiro atoms. The minimum Gasteiger partial charge on any atom is -0.357 e. The summed E-state index contributed by atoms with van der Waals surface area (Å²) in [5.41, 5.74) is 1.79. The fourth-order valence-corrected chi connectivity index (χ4v) is 3.38. The lowest BCUT2D eigenvalue weighted by molar-refractivity contribution is 0.0963. The van der Waals surface area contributed by atoms with Gasteiger partial charge in [-0.2, -0.15) is 0 Å². The maximum absolute atomic E-state index is 11.6. The Labute approximate surface area is 175 Å². The number of hydrogen-bond donors (Lipinski definition) is 2. The Morgan fingerprint density at radius 3 is 2.58 bits per heavy atom. The quantitative estimate of drug-likeness (QED) is 0.379. The van der Waals surface area contributed by atoms with E-state index in [2.05, 4.69) is 36.3 Å². The fourth-order valence-electron chi connectivity index (χ4n) is 3.38. The van der Waals surface area contributed by atoms with Gasteiger partial charge < -0.3 is 15.5 Å². The van der Waals surface area contributed by atoms with E-state index in [-0.39, 0.29) is 29.9 Å². The van der Waals surface area contributed by atoms with Gasteiger partial charge in [0, 0.05) is 32.2 Å². The van der Waals surface area contributed by atoms with Gasteiger partial charge in [-0.05, 0) is 49.3 Å². The Kier molecular flexibility index (Phi) is 9.98. The van der Waals surface area contributed by atoms with Crippen molar-refractivity contribution in [2.75, 3.05) is 26.7 Å². The first-order valence-corrected chi connectivity index (χ1v) is 9.37. The van der Waals surface area contributed by atoms with Crippen molar-refractivity contribution in [3.05, 3.63) is 35.4 Å². The molecule has 2 rings (SSSR count). The van der Waals surface area contributed by atoms with Gasteiger partial charge in [0.1, 0.15) is 0 Å². The smallest absolute Gasteiger partial charge is 0.251 e. The highest BCUT2D eigenvalue weighted by Gasteiger charge is 2.25. The van der Waals surface area contributed by atoms with Crippen molar-refractivity contribution < 1.29 is 4.79 Å². The van der Waals surface area contributed by atoms with Crippen LogP contribution in [0.15, 0.2) is 29.3 Å². The summed E-state index contributed by atoms with van der Waals surface area (Å²) in [4.78, 5) is 18.8. The molecule has 146 valence electrons. The van der Waals surface area contributed by atoms with E-state index < -0.39 is 0 Å². The number of guanidine groups is 1. The van der Waals surface area contributed by atoms with E-state index in [0.29, 0.717) is 12.1 Å². The number of hydrogen-bond acceptors (Lipinski definition) is 2. The van der Waals surface area contributed by atoms with E-state index in [1.54, 1.807) is 7.05 Å². The molecule has 5 nitrogen and oxygen atoms in total. The molecule has 1 heterocycles. The average Bonchev–Trinajstić information content (AvgIpc) is 3.06. The number of rotatable bonds is 6. The van der Waals surface area contributed by atoms with E-state index >= 15 is 0 Å². The predicted octanol–water partition coefficient (Wildman–Crippen LogP) is 3.50. The second-order valence-corrected chi connectivity index (χ2v) is 7.18. The van der Waals surface area contributed by atoms with Crippen molar-refractivity contribution in [3.8, 4) is 0 Å². The Morgan fingerprint density at radius 2 is 2.00 bits per heavy atom. The lowest BCUT2D eigenvalue weighted by Crippen LogP contribution is -2.40. The molecule has 1 fully saturated rings. The summed E-state index contributed by atoms with van der Waals surface area (Å²) in [7, 11) is 1.64. The van der Waals surface area contributed by atoms with Gasteiger partial charge in [0.2, 0.25) is 0 Å². The first kappa shape index (κ1) is 22.7. The molecule has 1 amide bonds. The van der Waals surface area contributed by atoms with Crippen LogP contribution in [0.1, 0.15) is 49.5 Å². The third kappa shape index (κ3) is 6.78. The number of likely N-dealkylation sites (tertiary alicyclic amines) is 1. The van der Waals surface area contributed by atoms with Crippen LogP contribution >= 0.6 is 24.0 Å². The average molecular weight is 472 g/mol. The third-order valence-electron chi connectivity index (χ3n) is 4.58. The van der Waals surface area contributed by atoms with Crippen molar-refractivity contribution >= 4 is 35.8 Å². The van der Waals surface area contributed by atoms with Crippen molar-refractivity contribution in [1.29, 1.82) is 0 Å². The Morgan fingerprint density at radius 1 is 1.31 bits per heavy atom. The van der Waals surface area contributed by atoms with Crippen molar-refractivity contribution in [2.45, 2.75) is 40.2 Å². The number of aliphatic imine (C=N–C) groups is 1. The highest BCUT2D eigenvalue weighted by molar-refractivity contribution is 14.0. The fraction of sp³-hybridized carbons (Fsp3) is 0.600. The Bertz CT molecular complexity index is 586. The normalized spacial score (nSPS) is 17.2. The molecule has 0 saturated carbocycles. The van der Waals surface area contributed by atoms with E-state index in [0.717, 1.165) is 43.0 Å². The zero-order chi connectivity index (χ0) is 18.2. The lowest BCUT2D eigenvalue weighted by atomic mass is 9.97. The maximum Gasteiger partial charge on any atom is 0.251 e. The Balaban J connectivity index is 0.00000338. The summed E-state index contributed by atoms with van der Waals surface area (Å²) < 4.78 is 0. The van der Waals surface area contributed by atoms with E-state index in [1.807, 2.05) is 24.3 Å². The Hall–Kier alpha value is -1.31. The minimum absolute atomic E-state index is 0. The summed E-state index contributed by atoms with van der Waals surface area (Å²) in [6.45, 7) is 10.4. The van der Waals surface area contributed by atoms with E-state index in [1.165, 1.54) is 12.8 Å². The van der Waals surface area contributed by atoms with Crippen LogP contribution in [-0.2, 0) is 6.54 Å². The number of amides is 1. The molecule has 6 heteroatoms. The van der Waals surface area contributed by atoms with Crippen molar-refractivity contribution in [1.82, 2.24) is 15.5 Å². The third-order valence-corrected chi connectivity index (χ3v) is 4.58. The molecule has 0 aromatic heterocycles. The molecule has 1 unspecified atom stereocenters. The van der Waals surface area contributed by atoms with Crippen LogP contribution in [0.25, 0.3) is 0 Å². The zero-order valence-electron chi connectivity index (χ0n) is 16.4. The molecule has 1 atom stereocenters. The second kappa shape index (κ2) is 11.4. The first-order valence-electron chi connectivity index (χ1n) is 9.37. The highest BCUT2D eigenvalue weighted by atomic mass is 127. The SMILES string of the molecule is CCNC(=NCc1ccc(C(=O)NC)cc1)N1CCC(CC(C)C)C1.I. The molecule has 1 aliphatic heterocycles. The van der Waals surface area contributed by atoms with Gasteiger partial charge >= 0.3 is 0 Å². The molecule has 1 aliphatic rings. The molecule has 1 aromatic carbocycles. The van der Waals surface area contributed by atoms with Gasteiger partial charge in [-0.25, -0.2) is 4.99 Å². The number of nitrogens with zero attached hydrogens (tertiary/aromatic N) is 2. The molecule has 0 radical (unpaired) electrons. The first-order chi connectivity index (χ1) is 12.0. The van der Waals surface area contributed by atoms with Gasteiger partial charge in [-0.3, -0.25) is 4.79 Å². The second-order valence-electron chi connectivity index (χ2n) is 7.18. The highest BCUT2D eigenvalue weighted by Crippen LogP contribution is 2.23. The number of carbonyl (C=O) groups excluding carboxylic acids is 1. The molecule has 1 saturated heterocycles. The predicted molar refractivity (Wildman–Crippen MR) is 119 cm³/mol. The van der Waals surface area contributed by atoms with Crippen LogP contribution in [0.2, 0.25) is 0 Å². The summed E-state index contributed by atoms with van der Waals surface area (Å²) in [6, 6.07) is 7.66. The lowest BCUT2D eigenvalue weighted by Gasteiger charge is -2.22. The summed E-state index contributed by atoms with van der Waals surface area (Å²) in [5.74, 6) is 2.47. The van der Waals surface area contributed by atoms with Crippen LogP contribution < -0.4 is 10.6 Å². The monoisotopic (exact) mass is 472 g/mol. The largest absolute Gasteiger partial charge is 0.357 e. The minimum atomic E-state index is -0.0587. The van der Waals surface area contributed by atoms with Crippen LogP contribution in [0.5, 0.6) is 0 Å². The number of benzene rings is 1.